The van der Waals surface area contributed by atoms with Gasteiger partial charge in [0.2, 0.25) is 0 Å². The van der Waals surface area contributed by atoms with Crippen LogP contribution in [0, 0.1) is 0 Å². The van der Waals surface area contributed by atoms with Crippen LogP contribution in [-0.2, 0) is 0 Å². The topological polar surface area (TPSA) is 43.8 Å². The quantitative estimate of drug-likeness (QED) is 0.857. The van der Waals surface area contributed by atoms with Gasteiger partial charge >= 0.3 is 5.97 Å². The molecule has 20 heavy (non-hydrogen) atoms. The number of benzene rings is 1. The SMILES string of the molecule is C=CCN1[C@H](C)CN(c2ccc(C(=O)O)cc2)C[C@@H]1C. The van der Waals surface area contributed by atoms with Crippen LogP contribution < -0.4 is 4.90 Å². The van der Waals surface area contributed by atoms with Gasteiger partial charge in [-0.25, -0.2) is 4.79 Å². The average Bonchev–Trinajstić information content (AvgIpc) is 2.42. The summed E-state index contributed by atoms with van der Waals surface area (Å²) in [6.45, 7) is 11.1. The van der Waals surface area contributed by atoms with Crippen LogP contribution in [0.4, 0.5) is 5.69 Å². The van der Waals surface area contributed by atoms with E-state index in [1.165, 1.54) is 0 Å². The van der Waals surface area contributed by atoms with Crippen LogP contribution in [0.1, 0.15) is 24.2 Å². The van der Waals surface area contributed by atoms with Crippen LogP contribution in [0.5, 0.6) is 0 Å². The molecule has 2 atom stereocenters. The Kier molecular flexibility index (Phi) is 4.45. The van der Waals surface area contributed by atoms with Gasteiger partial charge in [-0.05, 0) is 38.1 Å². The standard InChI is InChI=1S/C16H22N2O2/c1-4-9-18-12(2)10-17(11-13(18)3)15-7-5-14(6-8-15)16(19)20/h4-8,12-13H,1,9-11H2,2-3H3,(H,19,20)/t12-,13+. The van der Waals surface area contributed by atoms with Crippen LogP contribution in [0.25, 0.3) is 0 Å². The number of carboxylic acids is 1. The molecule has 1 saturated heterocycles. The summed E-state index contributed by atoms with van der Waals surface area (Å²) in [5, 5.41) is 8.93. The Hall–Kier alpha value is -1.81. The fourth-order valence-electron chi connectivity index (χ4n) is 2.89. The van der Waals surface area contributed by atoms with Gasteiger partial charge < -0.3 is 10.0 Å². The van der Waals surface area contributed by atoms with Crippen LogP contribution in [0.15, 0.2) is 36.9 Å². The number of rotatable bonds is 4. The van der Waals surface area contributed by atoms with Gasteiger partial charge in [0.05, 0.1) is 5.56 Å². The fourth-order valence-corrected chi connectivity index (χ4v) is 2.89. The summed E-state index contributed by atoms with van der Waals surface area (Å²) in [5.74, 6) is -0.880. The van der Waals surface area contributed by atoms with Crippen molar-refractivity contribution in [3.8, 4) is 0 Å². The third-order valence-corrected chi connectivity index (χ3v) is 3.92. The van der Waals surface area contributed by atoms with E-state index in [1.807, 2.05) is 18.2 Å². The third kappa shape index (κ3) is 3.02. The zero-order chi connectivity index (χ0) is 14.7. The highest BCUT2D eigenvalue weighted by atomic mass is 16.4. The summed E-state index contributed by atoms with van der Waals surface area (Å²) in [6, 6.07) is 8.04. The predicted molar refractivity (Wildman–Crippen MR) is 81.4 cm³/mol. The Morgan fingerprint density at radius 3 is 2.30 bits per heavy atom. The van der Waals surface area contributed by atoms with E-state index in [4.69, 9.17) is 5.11 Å². The number of nitrogens with zero attached hydrogens (tertiary/aromatic N) is 2. The van der Waals surface area contributed by atoms with Crippen molar-refractivity contribution >= 4 is 11.7 Å². The van der Waals surface area contributed by atoms with Crippen LogP contribution in [-0.4, -0.2) is 47.7 Å². The molecule has 0 aliphatic carbocycles. The molecule has 4 heteroatoms. The Balaban J connectivity index is 2.11. The van der Waals surface area contributed by atoms with E-state index in [-0.39, 0.29) is 0 Å². The van der Waals surface area contributed by atoms with E-state index in [1.54, 1.807) is 12.1 Å². The lowest BCUT2D eigenvalue weighted by Gasteiger charge is -2.45. The van der Waals surface area contributed by atoms with Gasteiger partial charge in [-0.3, -0.25) is 4.90 Å². The van der Waals surface area contributed by atoms with Crippen LogP contribution >= 0.6 is 0 Å². The minimum Gasteiger partial charge on any atom is -0.478 e. The first kappa shape index (κ1) is 14.6. The van der Waals surface area contributed by atoms with E-state index in [9.17, 15) is 4.79 Å². The van der Waals surface area contributed by atoms with E-state index in [0.29, 0.717) is 17.6 Å². The van der Waals surface area contributed by atoms with Gasteiger partial charge in [-0.2, -0.15) is 0 Å². The lowest BCUT2D eigenvalue weighted by molar-refractivity contribution is 0.0697. The highest BCUT2D eigenvalue weighted by molar-refractivity contribution is 5.88. The maximum absolute atomic E-state index is 10.9. The average molecular weight is 274 g/mol. The molecular weight excluding hydrogens is 252 g/mol. The molecule has 0 amide bonds. The number of carboxylic acid groups (broad SMARTS) is 1. The highest BCUT2D eigenvalue weighted by Gasteiger charge is 2.28. The lowest BCUT2D eigenvalue weighted by Crippen LogP contribution is -2.56. The monoisotopic (exact) mass is 274 g/mol. The summed E-state index contributed by atoms with van der Waals surface area (Å²) in [4.78, 5) is 15.6. The van der Waals surface area contributed by atoms with Gasteiger partial charge in [-0.15, -0.1) is 6.58 Å². The summed E-state index contributed by atoms with van der Waals surface area (Å²) in [5.41, 5.74) is 1.42. The molecule has 1 aliphatic rings. The van der Waals surface area contributed by atoms with Gasteiger partial charge in [0.15, 0.2) is 0 Å². The first-order chi connectivity index (χ1) is 9.52. The molecule has 108 valence electrons. The second kappa shape index (κ2) is 6.09. The number of piperazine rings is 1. The zero-order valence-electron chi connectivity index (χ0n) is 12.1. The Bertz CT molecular complexity index is 472. The minimum absolute atomic E-state index is 0.333. The molecule has 0 bridgehead atoms. The number of carbonyl (C=O) groups is 1. The van der Waals surface area contributed by atoms with Crippen molar-refractivity contribution in [2.45, 2.75) is 25.9 Å². The molecule has 0 aromatic heterocycles. The Morgan fingerprint density at radius 1 is 1.30 bits per heavy atom. The third-order valence-electron chi connectivity index (χ3n) is 3.92. The molecule has 4 nitrogen and oxygen atoms in total. The summed E-state index contributed by atoms with van der Waals surface area (Å²) in [7, 11) is 0. The maximum Gasteiger partial charge on any atom is 0.335 e. The van der Waals surface area contributed by atoms with Crippen molar-refractivity contribution in [1.82, 2.24) is 4.90 Å². The molecule has 0 unspecified atom stereocenters. The molecule has 1 fully saturated rings. The number of aromatic carboxylic acids is 1. The second-order valence-electron chi connectivity index (χ2n) is 5.44. The van der Waals surface area contributed by atoms with Crippen molar-refractivity contribution in [2.75, 3.05) is 24.5 Å². The molecule has 0 saturated carbocycles. The van der Waals surface area contributed by atoms with E-state index in [2.05, 4.69) is 30.2 Å². The predicted octanol–water partition coefficient (Wildman–Crippen LogP) is 2.47. The highest BCUT2D eigenvalue weighted by Crippen LogP contribution is 2.22. The van der Waals surface area contributed by atoms with Crippen LogP contribution in [0.2, 0.25) is 0 Å². The normalized spacial score (nSPS) is 23.6. The first-order valence-corrected chi connectivity index (χ1v) is 6.98. The van der Waals surface area contributed by atoms with Gasteiger partial charge in [0, 0.05) is 37.4 Å². The van der Waals surface area contributed by atoms with Gasteiger partial charge in [0.1, 0.15) is 0 Å². The van der Waals surface area contributed by atoms with Crippen LogP contribution in [0.3, 0.4) is 0 Å². The lowest BCUT2D eigenvalue weighted by atomic mass is 10.1. The van der Waals surface area contributed by atoms with E-state index in [0.717, 1.165) is 25.3 Å². The number of hydrogen-bond acceptors (Lipinski definition) is 3. The van der Waals surface area contributed by atoms with Gasteiger partial charge in [-0.1, -0.05) is 6.08 Å². The van der Waals surface area contributed by atoms with Crippen molar-refractivity contribution in [3.05, 3.63) is 42.5 Å². The summed E-state index contributed by atoms with van der Waals surface area (Å²) in [6.07, 6.45) is 1.95. The first-order valence-electron chi connectivity index (χ1n) is 6.98. The smallest absolute Gasteiger partial charge is 0.335 e. The number of hydrogen-bond donors (Lipinski definition) is 1. The largest absolute Gasteiger partial charge is 0.478 e. The van der Waals surface area contributed by atoms with E-state index >= 15 is 0 Å². The fraction of sp³-hybridized carbons (Fsp3) is 0.438. The van der Waals surface area contributed by atoms with Crippen molar-refractivity contribution in [2.24, 2.45) is 0 Å². The Labute approximate surface area is 120 Å². The molecule has 1 aliphatic heterocycles. The van der Waals surface area contributed by atoms with Crippen molar-refractivity contribution in [3.63, 3.8) is 0 Å². The zero-order valence-corrected chi connectivity index (χ0v) is 12.1. The van der Waals surface area contributed by atoms with E-state index < -0.39 is 5.97 Å². The minimum atomic E-state index is -0.880. The molecule has 1 aromatic carbocycles. The number of anilines is 1. The maximum atomic E-state index is 10.9. The Morgan fingerprint density at radius 2 is 1.85 bits per heavy atom. The van der Waals surface area contributed by atoms with Crippen molar-refractivity contribution in [1.29, 1.82) is 0 Å². The molecule has 1 heterocycles. The molecule has 2 rings (SSSR count). The summed E-state index contributed by atoms with van der Waals surface area (Å²) < 4.78 is 0. The molecule has 0 radical (unpaired) electrons. The molecular formula is C16H22N2O2. The van der Waals surface area contributed by atoms with Crippen molar-refractivity contribution < 1.29 is 9.90 Å². The van der Waals surface area contributed by atoms with Gasteiger partial charge in [0.25, 0.3) is 0 Å². The molecule has 1 N–H and O–H groups in total. The molecule has 0 spiro atoms. The summed E-state index contributed by atoms with van der Waals surface area (Å²) >= 11 is 0. The molecule has 1 aromatic rings. The second-order valence-corrected chi connectivity index (χ2v) is 5.44.